The van der Waals surface area contributed by atoms with Crippen molar-refractivity contribution in [3.05, 3.63) is 59.1 Å². The predicted octanol–water partition coefficient (Wildman–Crippen LogP) is 3.03. The number of para-hydroxylation sites is 1. The second-order valence-electron chi connectivity index (χ2n) is 6.65. The first-order valence-corrected chi connectivity index (χ1v) is 10.2. The van der Waals surface area contributed by atoms with E-state index in [-0.39, 0.29) is 0 Å². The highest BCUT2D eigenvalue weighted by molar-refractivity contribution is 9.10. The van der Waals surface area contributed by atoms with E-state index < -0.39 is 6.10 Å². The number of piperazine rings is 1. The Morgan fingerprint density at radius 3 is 2.33 bits per heavy atom. The highest BCUT2D eigenvalue weighted by Gasteiger charge is 2.19. The maximum atomic E-state index is 10.2. The molecule has 0 radical (unpaired) electrons. The molecule has 0 unspecified atom stereocenters. The lowest BCUT2D eigenvalue weighted by molar-refractivity contribution is 0.00718. The molecular formula is C21H27BrN2O3. The van der Waals surface area contributed by atoms with E-state index in [1.54, 1.807) is 0 Å². The largest absolute Gasteiger partial charge is 0.491 e. The van der Waals surface area contributed by atoms with Crippen molar-refractivity contribution in [1.29, 1.82) is 0 Å². The summed E-state index contributed by atoms with van der Waals surface area (Å²) in [4.78, 5) is 4.69. The third-order valence-electron chi connectivity index (χ3n) is 4.58. The fourth-order valence-corrected chi connectivity index (χ4v) is 3.41. The number of anilines is 1. The normalized spacial score (nSPS) is 16.3. The van der Waals surface area contributed by atoms with E-state index in [4.69, 9.17) is 9.47 Å². The Morgan fingerprint density at radius 2 is 1.63 bits per heavy atom. The molecule has 27 heavy (non-hydrogen) atoms. The van der Waals surface area contributed by atoms with E-state index in [0.717, 1.165) is 36.4 Å². The molecule has 1 atom stereocenters. The minimum absolute atomic E-state index is 0.336. The zero-order chi connectivity index (χ0) is 18.9. The van der Waals surface area contributed by atoms with Crippen molar-refractivity contribution in [1.82, 2.24) is 4.90 Å². The molecule has 1 aliphatic rings. The van der Waals surface area contributed by atoms with Crippen LogP contribution in [0.4, 0.5) is 5.69 Å². The molecule has 1 N–H and O–H groups in total. The number of rotatable bonds is 9. The van der Waals surface area contributed by atoms with Crippen molar-refractivity contribution in [3.8, 4) is 5.75 Å². The number of benzene rings is 2. The molecule has 0 aromatic heterocycles. The highest BCUT2D eigenvalue weighted by Crippen LogP contribution is 2.16. The molecule has 2 aromatic carbocycles. The van der Waals surface area contributed by atoms with Gasteiger partial charge in [0, 0.05) is 42.9 Å². The van der Waals surface area contributed by atoms with Gasteiger partial charge in [0.2, 0.25) is 0 Å². The Bertz CT molecular complexity index is 661. The zero-order valence-corrected chi connectivity index (χ0v) is 17.1. The fourth-order valence-electron chi connectivity index (χ4n) is 3.15. The SMILES string of the molecule is O[C@H](COCCOc1ccc(Br)cc1)CN1CCN(c2ccccc2)CC1. The number of halogens is 1. The van der Waals surface area contributed by atoms with Crippen molar-refractivity contribution >= 4 is 21.6 Å². The molecular weight excluding hydrogens is 408 g/mol. The van der Waals surface area contributed by atoms with Crippen LogP contribution >= 0.6 is 15.9 Å². The van der Waals surface area contributed by atoms with Gasteiger partial charge in [0.1, 0.15) is 12.4 Å². The average molecular weight is 435 g/mol. The first-order valence-electron chi connectivity index (χ1n) is 9.37. The second kappa shape index (κ2) is 10.7. The van der Waals surface area contributed by atoms with Crippen LogP contribution in [0.2, 0.25) is 0 Å². The van der Waals surface area contributed by atoms with Gasteiger partial charge in [-0.2, -0.15) is 0 Å². The van der Waals surface area contributed by atoms with Crippen LogP contribution in [0.5, 0.6) is 5.75 Å². The molecule has 0 aliphatic carbocycles. The number of ether oxygens (including phenoxy) is 2. The highest BCUT2D eigenvalue weighted by atomic mass is 79.9. The van der Waals surface area contributed by atoms with E-state index in [9.17, 15) is 5.11 Å². The molecule has 0 amide bonds. The van der Waals surface area contributed by atoms with E-state index in [0.29, 0.717) is 26.4 Å². The van der Waals surface area contributed by atoms with Crippen molar-refractivity contribution in [2.24, 2.45) is 0 Å². The van der Waals surface area contributed by atoms with E-state index in [1.807, 2.05) is 30.3 Å². The topological polar surface area (TPSA) is 45.2 Å². The quantitative estimate of drug-likeness (QED) is 0.614. The Labute approximate surface area is 169 Å². The Balaban J connectivity index is 1.26. The van der Waals surface area contributed by atoms with Crippen molar-refractivity contribution < 1.29 is 14.6 Å². The number of β-amino-alcohol motifs (C(OH)–C–C–N with tert-alkyl or cyclic N) is 1. The Morgan fingerprint density at radius 1 is 0.926 bits per heavy atom. The van der Waals surface area contributed by atoms with Gasteiger partial charge in [-0.1, -0.05) is 34.1 Å². The summed E-state index contributed by atoms with van der Waals surface area (Å²) in [6.07, 6.45) is -0.471. The van der Waals surface area contributed by atoms with Gasteiger partial charge in [0.15, 0.2) is 0 Å². The van der Waals surface area contributed by atoms with Crippen LogP contribution in [0.1, 0.15) is 0 Å². The zero-order valence-electron chi connectivity index (χ0n) is 15.5. The average Bonchev–Trinajstić information content (AvgIpc) is 2.70. The number of hydrogen-bond acceptors (Lipinski definition) is 5. The fraction of sp³-hybridized carbons (Fsp3) is 0.429. The minimum atomic E-state index is -0.471. The molecule has 2 aromatic rings. The summed E-state index contributed by atoms with van der Waals surface area (Å²) < 4.78 is 12.2. The van der Waals surface area contributed by atoms with Crippen LogP contribution in [0.15, 0.2) is 59.1 Å². The van der Waals surface area contributed by atoms with Crippen molar-refractivity contribution in [2.45, 2.75) is 6.10 Å². The summed E-state index contributed by atoms with van der Waals surface area (Å²) >= 11 is 3.40. The molecule has 1 aliphatic heterocycles. The number of aliphatic hydroxyl groups excluding tert-OH is 1. The molecule has 5 nitrogen and oxygen atoms in total. The smallest absolute Gasteiger partial charge is 0.119 e. The van der Waals surface area contributed by atoms with Gasteiger partial charge in [-0.3, -0.25) is 4.90 Å². The molecule has 3 rings (SSSR count). The van der Waals surface area contributed by atoms with Crippen LogP contribution in [-0.4, -0.2) is 68.7 Å². The van der Waals surface area contributed by atoms with Crippen LogP contribution in [0.3, 0.4) is 0 Å². The van der Waals surface area contributed by atoms with Crippen molar-refractivity contribution in [3.63, 3.8) is 0 Å². The molecule has 1 fully saturated rings. The molecule has 6 heteroatoms. The van der Waals surface area contributed by atoms with Gasteiger partial charge in [0.25, 0.3) is 0 Å². The maximum Gasteiger partial charge on any atom is 0.119 e. The van der Waals surface area contributed by atoms with Crippen LogP contribution in [0.25, 0.3) is 0 Å². The monoisotopic (exact) mass is 434 g/mol. The maximum absolute atomic E-state index is 10.2. The summed E-state index contributed by atoms with van der Waals surface area (Å²) in [6, 6.07) is 18.2. The second-order valence-corrected chi connectivity index (χ2v) is 7.57. The van der Waals surface area contributed by atoms with Gasteiger partial charge >= 0.3 is 0 Å². The lowest BCUT2D eigenvalue weighted by atomic mass is 10.2. The van der Waals surface area contributed by atoms with Gasteiger partial charge < -0.3 is 19.5 Å². The molecule has 0 spiro atoms. The van der Waals surface area contributed by atoms with Gasteiger partial charge in [-0.25, -0.2) is 0 Å². The van der Waals surface area contributed by atoms with E-state index in [1.165, 1.54) is 5.69 Å². The Kier molecular flexibility index (Phi) is 7.95. The number of nitrogens with zero attached hydrogens (tertiary/aromatic N) is 2. The van der Waals surface area contributed by atoms with Crippen molar-refractivity contribution in [2.75, 3.05) is 57.4 Å². The number of hydrogen-bond donors (Lipinski definition) is 1. The summed E-state index contributed by atoms with van der Waals surface area (Å²) in [5, 5.41) is 10.2. The summed E-state index contributed by atoms with van der Waals surface area (Å²) in [6.45, 7) is 5.81. The standard InChI is InChI=1S/C21H27BrN2O3/c22-18-6-8-21(9-7-18)27-15-14-26-17-20(25)16-23-10-12-24(13-11-23)19-4-2-1-3-5-19/h1-9,20,25H,10-17H2/t20-/m0/s1. The third-order valence-corrected chi connectivity index (χ3v) is 5.11. The Hall–Kier alpha value is -1.60. The predicted molar refractivity (Wildman–Crippen MR) is 112 cm³/mol. The van der Waals surface area contributed by atoms with Gasteiger partial charge in [-0.15, -0.1) is 0 Å². The van der Waals surface area contributed by atoms with E-state index >= 15 is 0 Å². The lowest BCUT2D eigenvalue weighted by Crippen LogP contribution is -2.49. The lowest BCUT2D eigenvalue weighted by Gasteiger charge is -2.36. The van der Waals surface area contributed by atoms with Gasteiger partial charge in [0.05, 0.1) is 19.3 Å². The first kappa shape index (κ1) is 20.1. The number of aliphatic hydroxyl groups is 1. The summed E-state index contributed by atoms with van der Waals surface area (Å²) in [5.74, 6) is 0.818. The van der Waals surface area contributed by atoms with E-state index in [2.05, 4.69) is 50.0 Å². The first-order chi connectivity index (χ1) is 13.2. The van der Waals surface area contributed by atoms with Crippen LogP contribution < -0.4 is 9.64 Å². The summed E-state index contributed by atoms with van der Waals surface area (Å²) in [7, 11) is 0. The van der Waals surface area contributed by atoms with Crippen LogP contribution in [-0.2, 0) is 4.74 Å². The third kappa shape index (κ3) is 6.81. The molecule has 146 valence electrons. The molecule has 1 saturated heterocycles. The molecule has 0 saturated carbocycles. The minimum Gasteiger partial charge on any atom is -0.491 e. The molecule has 1 heterocycles. The molecule has 0 bridgehead atoms. The van der Waals surface area contributed by atoms with Crippen LogP contribution in [0, 0.1) is 0 Å². The van der Waals surface area contributed by atoms with Gasteiger partial charge in [-0.05, 0) is 36.4 Å². The summed E-state index contributed by atoms with van der Waals surface area (Å²) in [5.41, 5.74) is 1.27.